The van der Waals surface area contributed by atoms with Crippen LogP contribution in [-0.4, -0.2) is 71.7 Å². The smallest absolute Gasteiger partial charge is 0.420 e. The van der Waals surface area contributed by atoms with Gasteiger partial charge in [-0.25, -0.2) is 9.59 Å². The third-order valence-corrected chi connectivity index (χ3v) is 7.92. The first kappa shape index (κ1) is 27.2. The number of carbonyl (C=O) groups is 3. The van der Waals surface area contributed by atoms with Gasteiger partial charge >= 0.3 is 11.8 Å². The SMILES string of the molecule is CC(C)(C)OC(=O)NC1CCN(CC2CCN(c3ccc4c(c3)oc(=O)n4C3CCC(=O)NC3=O)CC2)CC1. The lowest BCUT2D eigenvalue weighted by atomic mass is 9.94. The summed E-state index contributed by atoms with van der Waals surface area (Å²) in [6.07, 6.45) is 4.17. The normalized spacial score (nSPS) is 22.2. The Labute approximate surface area is 227 Å². The molecule has 5 rings (SSSR count). The summed E-state index contributed by atoms with van der Waals surface area (Å²) in [5.41, 5.74) is 1.53. The molecule has 0 bridgehead atoms. The number of nitrogens with one attached hydrogen (secondary N) is 2. The van der Waals surface area contributed by atoms with Crippen molar-refractivity contribution in [1.29, 1.82) is 0 Å². The van der Waals surface area contributed by atoms with E-state index in [4.69, 9.17) is 9.15 Å². The molecule has 3 aliphatic rings. The molecule has 1 atom stereocenters. The molecule has 3 saturated heterocycles. The maximum atomic E-state index is 12.6. The Morgan fingerprint density at radius 2 is 1.77 bits per heavy atom. The molecule has 39 heavy (non-hydrogen) atoms. The van der Waals surface area contributed by atoms with Crippen LogP contribution in [-0.2, 0) is 14.3 Å². The van der Waals surface area contributed by atoms with Gasteiger partial charge in [-0.1, -0.05) is 0 Å². The first-order valence-electron chi connectivity index (χ1n) is 14.0. The van der Waals surface area contributed by atoms with Crippen molar-refractivity contribution >= 4 is 34.7 Å². The second kappa shape index (κ2) is 11.0. The van der Waals surface area contributed by atoms with E-state index in [2.05, 4.69) is 20.4 Å². The van der Waals surface area contributed by atoms with Crippen LogP contribution in [0.25, 0.3) is 11.1 Å². The number of hydrogen-bond donors (Lipinski definition) is 2. The molecule has 11 heteroatoms. The highest BCUT2D eigenvalue weighted by Crippen LogP contribution is 2.29. The van der Waals surface area contributed by atoms with Crippen molar-refractivity contribution in [3.63, 3.8) is 0 Å². The van der Waals surface area contributed by atoms with E-state index in [1.165, 1.54) is 4.57 Å². The predicted octanol–water partition coefficient (Wildman–Crippen LogP) is 2.78. The highest BCUT2D eigenvalue weighted by Gasteiger charge is 2.32. The number of fused-ring (bicyclic) bond motifs is 1. The monoisotopic (exact) mass is 541 g/mol. The van der Waals surface area contributed by atoms with Crippen LogP contribution in [0.5, 0.6) is 0 Å². The summed E-state index contributed by atoms with van der Waals surface area (Å²) in [5.74, 6) is -0.750. The number of amides is 3. The molecule has 1 aromatic heterocycles. The van der Waals surface area contributed by atoms with Gasteiger partial charge in [0.25, 0.3) is 0 Å². The summed E-state index contributed by atoms with van der Waals surface area (Å²) in [4.78, 5) is 53.3. The van der Waals surface area contributed by atoms with Crippen LogP contribution in [0.4, 0.5) is 10.5 Å². The second-order valence-electron chi connectivity index (χ2n) is 12.0. The van der Waals surface area contributed by atoms with Crippen molar-refractivity contribution in [3.8, 4) is 0 Å². The quantitative estimate of drug-likeness (QED) is 0.554. The predicted molar refractivity (Wildman–Crippen MR) is 146 cm³/mol. The van der Waals surface area contributed by atoms with E-state index < -0.39 is 23.3 Å². The average molecular weight is 542 g/mol. The number of benzene rings is 1. The van der Waals surface area contributed by atoms with E-state index in [0.717, 1.165) is 64.1 Å². The highest BCUT2D eigenvalue weighted by molar-refractivity contribution is 6.00. The highest BCUT2D eigenvalue weighted by atomic mass is 16.6. The molecular weight excluding hydrogens is 502 g/mol. The van der Waals surface area contributed by atoms with Crippen molar-refractivity contribution in [2.24, 2.45) is 5.92 Å². The van der Waals surface area contributed by atoms with Crippen LogP contribution in [0.2, 0.25) is 0 Å². The van der Waals surface area contributed by atoms with E-state index in [-0.39, 0.29) is 30.9 Å². The number of oxazole rings is 1. The number of alkyl carbamates (subject to hydrolysis) is 1. The Morgan fingerprint density at radius 1 is 1.05 bits per heavy atom. The first-order valence-corrected chi connectivity index (χ1v) is 14.0. The Kier molecular flexibility index (Phi) is 7.70. The number of nitrogens with zero attached hydrogens (tertiary/aromatic N) is 3. The van der Waals surface area contributed by atoms with Crippen molar-refractivity contribution in [2.75, 3.05) is 37.6 Å². The molecule has 2 aromatic rings. The number of piperidine rings is 3. The van der Waals surface area contributed by atoms with Crippen molar-refractivity contribution in [1.82, 2.24) is 20.1 Å². The van der Waals surface area contributed by atoms with E-state index in [1.54, 1.807) is 0 Å². The second-order valence-corrected chi connectivity index (χ2v) is 12.0. The molecule has 4 heterocycles. The van der Waals surface area contributed by atoms with Crippen molar-refractivity contribution in [3.05, 3.63) is 28.7 Å². The molecular formula is C28H39N5O6. The molecule has 1 aromatic carbocycles. The van der Waals surface area contributed by atoms with Gasteiger partial charge in [-0.15, -0.1) is 0 Å². The Bertz CT molecular complexity index is 1280. The van der Waals surface area contributed by atoms with Gasteiger partial charge in [0.15, 0.2) is 5.58 Å². The first-order chi connectivity index (χ1) is 18.6. The molecule has 212 valence electrons. The summed E-state index contributed by atoms with van der Waals surface area (Å²) in [6, 6.07) is 5.11. The number of aromatic nitrogens is 1. The number of carbonyl (C=O) groups excluding carboxylic acids is 3. The van der Waals surface area contributed by atoms with Crippen LogP contribution in [0.1, 0.15) is 65.3 Å². The molecule has 1 unspecified atom stereocenters. The zero-order valence-electron chi connectivity index (χ0n) is 23.0. The Morgan fingerprint density at radius 3 is 2.44 bits per heavy atom. The molecule has 0 aliphatic carbocycles. The number of rotatable bonds is 5. The van der Waals surface area contributed by atoms with Crippen LogP contribution < -0.4 is 21.3 Å². The number of anilines is 1. The minimum Gasteiger partial charge on any atom is -0.444 e. The molecule has 11 nitrogen and oxygen atoms in total. The zero-order valence-corrected chi connectivity index (χ0v) is 23.0. The van der Waals surface area contributed by atoms with Crippen LogP contribution in [0.3, 0.4) is 0 Å². The molecule has 0 spiro atoms. The third-order valence-electron chi connectivity index (χ3n) is 7.92. The average Bonchev–Trinajstić information content (AvgIpc) is 3.19. The van der Waals surface area contributed by atoms with Crippen LogP contribution in [0.15, 0.2) is 27.4 Å². The van der Waals surface area contributed by atoms with Gasteiger partial charge in [-0.2, -0.15) is 0 Å². The van der Waals surface area contributed by atoms with E-state index in [1.807, 2.05) is 39.0 Å². The number of ether oxygens (including phenoxy) is 1. The summed E-state index contributed by atoms with van der Waals surface area (Å²) in [5, 5.41) is 5.32. The Hall–Kier alpha value is -3.34. The summed E-state index contributed by atoms with van der Waals surface area (Å²) in [6.45, 7) is 10.5. The largest absolute Gasteiger partial charge is 0.444 e. The lowest BCUT2D eigenvalue weighted by Crippen LogP contribution is -2.47. The molecule has 0 saturated carbocycles. The molecule has 3 aliphatic heterocycles. The maximum absolute atomic E-state index is 12.6. The number of imide groups is 1. The van der Waals surface area contributed by atoms with Gasteiger partial charge in [0, 0.05) is 56.9 Å². The van der Waals surface area contributed by atoms with Gasteiger partial charge < -0.3 is 24.3 Å². The summed E-state index contributed by atoms with van der Waals surface area (Å²) in [7, 11) is 0. The fourth-order valence-electron chi connectivity index (χ4n) is 5.92. The lowest BCUT2D eigenvalue weighted by Gasteiger charge is -2.38. The van der Waals surface area contributed by atoms with Crippen LogP contribution >= 0.6 is 0 Å². The zero-order chi connectivity index (χ0) is 27.7. The van der Waals surface area contributed by atoms with Gasteiger partial charge in [-0.05, 0) is 70.9 Å². The minimum absolute atomic E-state index is 0.165. The van der Waals surface area contributed by atoms with Gasteiger partial charge in [-0.3, -0.25) is 19.5 Å². The summed E-state index contributed by atoms with van der Waals surface area (Å²) >= 11 is 0. The number of likely N-dealkylation sites (tertiary alicyclic amines) is 1. The topological polar surface area (TPSA) is 126 Å². The fraction of sp³-hybridized carbons (Fsp3) is 0.643. The van der Waals surface area contributed by atoms with Gasteiger partial charge in [0.2, 0.25) is 11.8 Å². The minimum atomic E-state index is -0.740. The van der Waals surface area contributed by atoms with Crippen molar-refractivity contribution in [2.45, 2.75) is 77.0 Å². The number of hydrogen-bond acceptors (Lipinski definition) is 8. The standard InChI is InChI=1S/C28H39N5O6/c1-28(2,3)39-26(36)29-19-10-12-31(13-11-19)17-18-8-14-32(15-9-18)20-4-5-21-23(16-20)38-27(37)33(21)22-6-7-24(34)30-25(22)35/h4-5,16,18-19,22H,6-15,17H2,1-3H3,(H,29,36)(H,30,34,35). The van der Waals surface area contributed by atoms with E-state index in [9.17, 15) is 19.2 Å². The van der Waals surface area contributed by atoms with Gasteiger partial charge in [0.05, 0.1) is 5.52 Å². The molecule has 3 amide bonds. The third kappa shape index (κ3) is 6.46. The molecule has 3 fully saturated rings. The summed E-state index contributed by atoms with van der Waals surface area (Å²) < 4.78 is 12.3. The molecule has 0 radical (unpaired) electrons. The maximum Gasteiger partial charge on any atom is 0.420 e. The van der Waals surface area contributed by atoms with Crippen LogP contribution in [0, 0.1) is 5.92 Å². The van der Waals surface area contributed by atoms with E-state index >= 15 is 0 Å². The Balaban J connectivity index is 1.12. The molecule has 2 N–H and O–H groups in total. The lowest BCUT2D eigenvalue weighted by molar-refractivity contribution is -0.135. The van der Waals surface area contributed by atoms with E-state index in [0.29, 0.717) is 17.0 Å². The van der Waals surface area contributed by atoms with Gasteiger partial charge in [0.1, 0.15) is 11.6 Å². The fourth-order valence-corrected chi connectivity index (χ4v) is 5.92. The van der Waals surface area contributed by atoms with Crippen molar-refractivity contribution < 1.29 is 23.5 Å².